The van der Waals surface area contributed by atoms with Gasteiger partial charge < -0.3 is 5.73 Å². The molecule has 0 amide bonds. The first-order valence-electron chi connectivity index (χ1n) is 9.89. The van der Waals surface area contributed by atoms with Gasteiger partial charge in [-0.3, -0.25) is 9.69 Å². The summed E-state index contributed by atoms with van der Waals surface area (Å²) in [6.45, 7) is 1.91. The molecule has 2 atom stereocenters. The lowest BCUT2D eigenvalue weighted by atomic mass is 10.0. The summed E-state index contributed by atoms with van der Waals surface area (Å²) < 4.78 is 0. The first-order valence-corrected chi connectivity index (χ1v) is 9.89. The fraction of sp³-hybridized carbons (Fsp3) is 0.435. The molecule has 2 N–H and O–H groups in total. The number of benzene rings is 2. The number of Topliss-reactive ketones (excluding diaryl/α,β-unsaturated/α-hetero) is 1. The van der Waals surface area contributed by atoms with Crippen molar-refractivity contribution >= 4 is 5.78 Å². The molecule has 0 saturated carbocycles. The van der Waals surface area contributed by atoms with Gasteiger partial charge in [0.05, 0.1) is 0 Å². The zero-order valence-corrected chi connectivity index (χ0v) is 15.4. The summed E-state index contributed by atoms with van der Waals surface area (Å²) in [5.41, 5.74) is 11.6. The predicted octanol–water partition coefficient (Wildman–Crippen LogP) is 3.97. The predicted molar refractivity (Wildman–Crippen MR) is 105 cm³/mol. The van der Waals surface area contributed by atoms with Crippen LogP contribution in [0.2, 0.25) is 0 Å². The third-order valence-corrected chi connectivity index (χ3v) is 6.08. The molecule has 3 nitrogen and oxygen atoms in total. The van der Waals surface area contributed by atoms with E-state index in [1.165, 1.54) is 35.1 Å². The second-order valence-electron chi connectivity index (χ2n) is 7.67. The molecule has 2 aromatic carbocycles. The maximum Gasteiger partial charge on any atom is 0.135 e. The number of rotatable bonds is 1. The van der Waals surface area contributed by atoms with Crippen LogP contribution in [0.1, 0.15) is 60.0 Å². The molecule has 2 aliphatic carbocycles. The summed E-state index contributed by atoms with van der Waals surface area (Å²) in [4.78, 5) is 13.7. The molecule has 5 rings (SSSR count). The van der Waals surface area contributed by atoms with E-state index in [1.807, 2.05) is 0 Å². The molecule has 0 bridgehead atoms. The van der Waals surface area contributed by atoms with E-state index in [4.69, 9.17) is 5.73 Å². The van der Waals surface area contributed by atoms with E-state index in [0.717, 1.165) is 38.8 Å². The maximum absolute atomic E-state index is 11.2. The quantitative estimate of drug-likeness (QED) is 0.848. The second-order valence-corrected chi connectivity index (χ2v) is 7.67. The van der Waals surface area contributed by atoms with Crippen LogP contribution in [-0.2, 0) is 17.6 Å². The third-order valence-electron chi connectivity index (χ3n) is 6.08. The van der Waals surface area contributed by atoms with Gasteiger partial charge in [-0.2, -0.15) is 0 Å². The molecule has 3 heteroatoms. The number of hydrogen-bond donors (Lipinski definition) is 1. The van der Waals surface area contributed by atoms with Gasteiger partial charge in [0, 0.05) is 38.0 Å². The molecule has 1 fully saturated rings. The van der Waals surface area contributed by atoms with Gasteiger partial charge in [0.1, 0.15) is 5.78 Å². The number of ketones is 1. The van der Waals surface area contributed by atoms with Gasteiger partial charge in [-0.1, -0.05) is 48.5 Å². The van der Waals surface area contributed by atoms with Crippen molar-refractivity contribution in [1.82, 2.24) is 4.90 Å². The number of piperidine rings is 1. The Hall–Kier alpha value is -1.97. The summed E-state index contributed by atoms with van der Waals surface area (Å²) in [6, 6.07) is 18.1. The Kier molecular flexibility index (Phi) is 5.18. The lowest BCUT2D eigenvalue weighted by Crippen LogP contribution is -2.36. The minimum Gasteiger partial charge on any atom is -0.324 e. The highest BCUT2D eigenvalue weighted by atomic mass is 16.1. The zero-order valence-electron chi connectivity index (χ0n) is 15.4. The van der Waals surface area contributed by atoms with Gasteiger partial charge in [-0.15, -0.1) is 0 Å². The molecule has 1 heterocycles. The van der Waals surface area contributed by atoms with E-state index in [9.17, 15) is 4.79 Å². The first-order chi connectivity index (χ1) is 12.7. The van der Waals surface area contributed by atoms with Crippen LogP contribution < -0.4 is 5.73 Å². The molecule has 0 radical (unpaired) electrons. The second kappa shape index (κ2) is 7.73. The molecule has 0 unspecified atom stereocenters. The van der Waals surface area contributed by atoms with Gasteiger partial charge >= 0.3 is 0 Å². The van der Waals surface area contributed by atoms with E-state index < -0.39 is 0 Å². The smallest absolute Gasteiger partial charge is 0.135 e. The average Bonchev–Trinajstić information content (AvgIpc) is 3.28. The van der Waals surface area contributed by atoms with Crippen LogP contribution in [-0.4, -0.2) is 23.8 Å². The number of hydrogen-bond acceptors (Lipinski definition) is 3. The number of carbonyl (C=O) groups is 1. The zero-order chi connectivity index (χ0) is 17.9. The number of nitrogens with two attached hydrogens (primary N) is 1. The molecule has 2 aromatic rings. The summed E-state index contributed by atoms with van der Waals surface area (Å²) in [5, 5.41) is 0. The molecule has 0 aromatic heterocycles. The van der Waals surface area contributed by atoms with Crippen molar-refractivity contribution in [3.05, 3.63) is 70.8 Å². The molecule has 26 heavy (non-hydrogen) atoms. The lowest BCUT2D eigenvalue weighted by Gasteiger charge is -2.32. The van der Waals surface area contributed by atoms with Crippen LogP contribution in [0.5, 0.6) is 0 Å². The van der Waals surface area contributed by atoms with E-state index >= 15 is 0 Å². The average molecular weight is 348 g/mol. The number of aryl methyl sites for hydroxylation is 2. The van der Waals surface area contributed by atoms with E-state index in [2.05, 4.69) is 53.4 Å². The van der Waals surface area contributed by atoms with Gasteiger partial charge in [-0.25, -0.2) is 0 Å². The largest absolute Gasteiger partial charge is 0.324 e. The standard InChI is InChI=1S/C14H17NO.C9H11N/c16-12-7-9-15(10-8-12)14-6-5-11-3-1-2-4-13(11)14;10-9-6-5-7-3-1-2-4-8(7)9/h1-4,14H,5-10H2;1-4,9H,5-6,10H2/t14-;9-/m00/s1. The SMILES string of the molecule is N[C@H]1CCc2ccccc21.O=C1CCN([C@H]2CCc3ccccc32)CC1. The minimum absolute atomic E-state index is 0.302. The van der Waals surface area contributed by atoms with Crippen LogP contribution in [0.4, 0.5) is 0 Å². The van der Waals surface area contributed by atoms with Gasteiger partial charge in [0.15, 0.2) is 0 Å². The Morgan fingerprint density at radius 1 is 0.769 bits per heavy atom. The van der Waals surface area contributed by atoms with Crippen molar-refractivity contribution in [3.8, 4) is 0 Å². The third kappa shape index (κ3) is 3.60. The number of fused-ring (bicyclic) bond motifs is 2. The fourth-order valence-corrected chi connectivity index (χ4v) is 4.59. The van der Waals surface area contributed by atoms with Crippen LogP contribution in [0, 0.1) is 0 Å². The Labute approximate surface area is 156 Å². The molecular weight excluding hydrogens is 320 g/mol. The molecule has 3 aliphatic rings. The number of carbonyl (C=O) groups excluding carboxylic acids is 1. The first kappa shape index (κ1) is 17.4. The van der Waals surface area contributed by atoms with E-state index in [1.54, 1.807) is 0 Å². The summed E-state index contributed by atoms with van der Waals surface area (Å²) in [7, 11) is 0. The normalized spacial score (nSPS) is 24.6. The molecule has 136 valence electrons. The molecule has 1 saturated heterocycles. The fourth-order valence-electron chi connectivity index (χ4n) is 4.59. The van der Waals surface area contributed by atoms with Gasteiger partial charge in [-0.05, 0) is 47.9 Å². The monoisotopic (exact) mass is 348 g/mol. The maximum atomic E-state index is 11.2. The lowest BCUT2D eigenvalue weighted by molar-refractivity contribution is -0.121. The highest BCUT2D eigenvalue weighted by Crippen LogP contribution is 2.36. The number of likely N-dealkylation sites (tertiary alicyclic amines) is 1. The molecule has 0 spiro atoms. The van der Waals surface area contributed by atoms with Crippen LogP contribution in [0.25, 0.3) is 0 Å². The highest BCUT2D eigenvalue weighted by Gasteiger charge is 2.29. The Bertz CT molecular complexity index is 775. The van der Waals surface area contributed by atoms with Crippen molar-refractivity contribution in [1.29, 1.82) is 0 Å². The topological polar surface area (TPSA) is 46.3 Å². The van der Waals surface area contributed by atoms with Crippen molar-refractivity contribution in [2.24, 2.45) is 5.73 Å². The summed E-state index contributed by atoms with van der Waals surface area (Å²) in [6.07, 6.45) is 6.22. The van der Waals surface area contributed by atoms with Crippen LogP contribution in [0.15, 0.2) is 48.5 Å². The highest BCUT2D eigenvalue weighted by molar-refractivity contribution is 5.79. The molecular formula is C23H28N2O. The van der Waals surface area contributed by atoms with Gasteiger partial charge in [0.25, 0.3) is 0 Å². The van der Waals surface area contributed by atoms with Gasteiger partial charge in [0.2, 0.25) is 0 Å². The van der Waals surface area contributed by atoms with Crippen molar-refractivity contribution in [2.75, 3.05) is 13.1 Å². The van der Waals surface area contributed by atoms with Crippen molar-refractivity contribution in [2.45, 2.75) is 50.6 Å². The minimum atomic E-state index is 0.302. The molecule has 1 aliphatic heterocycles. The summed E-state index contributed by atoms with van der Waals surface area (Å²) in [5.74, 6) is 0.433. The Balaban J connectivity index is 0.000000144. The van der Waals surface area contributed by atoms with Crippen LogP contribution >= 0.6 is 0 Å². The van der Waals surface area contributed by atoms with Crippen molar-refractivity contribution in [3.63, 3.8) is 0 Å². The summed E-state index contributed by atoms with van der Waals surface area (Å²) >= 11 is 0. The Morgan fingerprint density at radius 3 is 2.04 bits per heavy atom. The Morgan fingerprint density at radius 2 is 1.35 bits per heavy atom. The number of nitrogens with zero attached hydrogens (tertiary/aromatic N) is 1. The van der Waals surface area contributed by atoms with E-state index in [-0.39, 0.29) is 0 Å². The van der Waals surface area contributed by atoms with E-state index in [0.29, 0.717) is 17.9 Å². The van der Waals surface area contributed by atoms with Crippen molar-refractivity contribution < 1.29 is 4.79 Å². The van der Waals surface area contributed by atoms with Crippen LogP contribution in [0.3, 0.4) is 0 Å².